The summed E-state index contributed by atoms with van der Waals surface area (Å²) in [6.45, 7) is 4.23. The van der Waals surface area contributed by atoms with Gasteiger partial charge in [0.15, 0.2) is 0 Å². The van der Waals surface area contributed by atoms with Crippen molar-refractivity contribution < 1.29 is 4.79 Å². The number of thioether (sulfide) groups is 1. The summed E-state index contributed by atoms with van der Waals surface area (Å²) >= 11 is 1.73. The molecule has 2 rings (SSSR count). The predicted molar refractivity (Wildman–Crippen MR) is 87.1 cm³/mol. The Kier molecular flexibility index (Phi) is 6.48. The van der Waals surface area contributed by atoms with Crippen molar-refractivity contribution in [2.45, 2.75) is 19.0 Å². The van der Waals surface area contributed by atoms with Gasteiger partial charge < -0.3 is 10.6 Å². The number of nitrogens with zero attached hydrogens (tertiary/aromatic N) is 3. The summed E-state index contributed by atoms with van der Waals surface area (Å²) in [6, 6.07) is 3.70. The number of carbonyl (C=O) groups excluding carboxylic acids is 1. The van der Waals surface area contributed by atoms with Crippen LogP contribution in [0.4, 0.5) is 0 Å². The highest BCUT2D eigenvalue weighted by Crippen LogP contribution is 2.09. The standard InChI is InChI=1S/C15H24N4OS/c1-21-10-4-14(16)15(20)19-8-6-18(7-9-19)12-13-3-2-5-17-11-13/h2-3,5,11,14H,4,6-10,12,16H2,1H3/t14-/m1/s1. The quantitative estimate of drug-likeness (QED) is 0.842. The Labute approximate surface area is 130 Å². The molecule has 1 aromatic heterocycles. The van der Waals surface area contributed by atoms with Crippen LogP contribution in [0, 0.1) is 0 Å². The van der Waals surface area contributed by atoms with Crippen LogP contribution in [0.15, 0.2) is 24.5 Å². The summed E-state index contributed by atoms with van der Waals surface area (Å²) in [4.78, 5) is 20.6. The fourth-order valence-electron chi connectivity index (χ4n) is 2.48. The Bertz CT molecular complexity index is 435. The molecule has 0 aliphatic carbocycles. The maximum absolute atomic E-state index is 12.2. The van der Waals surface area contributed by atoms with E-state index in [-0.39, 0.29) is 11.9 Å². The van der Waals surface area contributed by atoms with Crippen molar-refractivity contribution in [2.75, 3.05) is 38.2 Å². The highest BCUT2D eigenvalue weighted by Gasteiger charge is 2.24. The van der Waals surface area contributed by atoms with E-state index in [1.165, 1.54) is 5.56 Å². The molecule has 2 heterocycles. The summed E-state index contributed by atoms with van der Waals surface area (Å²) < 4.78 is 0. The second-order valence-electron chi connectivity index (χ2n) is 5.35. The van der Waals surface area contributed by atoms with Crippen LogP contribution in [-0.2, 0) is 11.3 Å². The van der Waals surface area contributed by atoms with Crippen LogP contribution < -0.4 is 5.73 Å². The first-order valence-electron chi connectivity index (χ1n) is 7.35. The first kappa shape index (κ1) is 16.3. The molecule has 0 radical (unpaired) electrons. The monoisotopic (exact) mass is 308 g/mol. The largest absolute Gasteiger partial charge is 0.339 e. The number of nitrogens with two attached hydrogens (primary N) is 1. The van der Waals surface area contributed by atoms with Crippen LogP contribution in [0.3, 0.4) is 0 Å². The Morgan fingerprint density at radius 3 is 2.81 bits per heavy atom. The maximum Gasteiger partial charge on any atom is 0.239 e. The SMILES string of the molecule is CSCC[C@@H](N)C(=O)N1CCN(Cc2cccnc2)CC1. The molecule has 2 N–H and O–H groups in total. The molecule has 0 spiro atoms. The zero-order valence-corrected chi connectivity index (χ0v) is 13.4. The zero-order valence-electron chi connectivity index (χ0n) is 12.6. The van der Waals surface area contributed by atoms with E-state index in [2.05, 4.69) is 16.0 Å². The van der Waals surface area contributed by atoms with Gasteiger partial charge in [0.1, 0.15) is 0 Å². The van der Waals surface area contributed by atoms with Crippen LogP contribution in [0.1, 0.15) is 12.0 Å². The third kappa shape index (κ3) is 4.98. The number of carbonyl (C=O) groups is 1. The zero-order chi connectivity index (χ0) is 15.1. The third-order valence-electron chi connectivity index (χ3n) is 3.76. The topological polar surface area (TPSA) is 62.5 Å². The van der Waals surface area contributed by atoms with Crippen LogP contribution in [-0.4, -0.2) is 64.9 Å². The number of pyridine rings is 1. The smallest absolute Gasteiger partial charge is 0.239 e. The fourth-order valence-corrected chi connectivity index (χ4v) is 2.97. The van der Waals surface area contributed by atoms with E-state index in [1.54, 1.807) is 18.0 Å². The lowest BCUT2D eigenvalue weighted by Gasteiger charge is -2.35. The van der Waals surface area contributed by atoms with E-state index >= 15 is 0 Å². The Morgan fingerprint density at radius 2 is 2.19 bits per heavy atom. The average Bonchev–Trinajstić information content (AvgIpc) is 2.53. The summed E-state index contributed by atoms with van der Waals surface area (Å²) in [5.41, 5.74) is 7.18. The van der Waals surface area contributed by atoms with Crippen molar-refractivity contribution in [3.05, 3.63) is 30.1 Å². The summed E-state index contributed by atoms with van der Waals surface area (Å²) in [7, 11) is 0. The highest BCUT2D eigenvalue weighted by molar-refractivity contribution is 7.98. The molecule has 0 bridgehead atoms. The Morgan fingerprint density at radius 1 is 1.43 bits per heavy atom. The average molecular weight is 308 g/mol. The Hall–Kier alpha value is -1.11. The number of hydrogen-bond acceptors (Lipinski definition) is 5. The molecule has 1 aromatic rings. The second kappa shape index (κ2) is 8.36. The number of aromatic nitrogens is 1. The highest BCUT2D eigenvalue weighted by atomic mass is 32.2. The first-order valence-corrected chi connectivity index (χ1v) is 8.74. The molecule has 1 aliphatic rings. The molecular formula is C15H24N4OS. The number of rotatable bonds is 6. The van der Waals surface area contributed by atoms with Crippen LogP contribution >= 0.6 is 11.8 Å². The van der Waals surface area contributed by atoms with Gasteiger partial charge in [-0.1, -0.05) is 6.07 Å². The number of hydrogen-bond donors (Lipinski definition) is 1. The lowest BCUT2D eigenvalue weighted by atomic mass is 10.2. The molecule has 116 valence electrons. The molecule has 0 aromatic carbocycles. The van der Waals surface area contributed by atoms with E-state index in [0.29, 0.717) is 0 Å². The Balaban J connectivity index is 1.76. The normalized spacial score (nSPS) is 17.7. The van der Waals surface area contributed by atoms with Gasteiger partial charge in [0.25, 0.3) is 0 Å². The molecule has 0 saturated carbocycles. The lowest BCUT2D eigenvalue weighted by Crippen LogP contribution is -2.53. The minimum Gasteiger partial charge on any atom is -0.339 e. The van der Waals surface area contributed by atoms with Gasteiger partial charge in [0.2, 0.25) is 5.91 Å². The van der Waals surface area contributed by atoms with Gasteiger partial charge in [-0.25, -0.2) is 0 Å². The maximum atomic E-state index is 12.2. The van der Waals surface area contributed by atoms with Crippen molar-refractivity contribution in [2.24, 2.45) is 5.73 Å². The van der Waals surface area contributed by atoms with Crippen LogP contribution in [0.25, 0.3) is 0 Å². The molecule has 1 aliphatic heterocycles. The van der Waals surface area contributed by atoms with Gasteiger partial charge in [0.05, 0.1) is 6.04 Å². The van der Waals surface area contributed by atoms with E-state index < -0.39 is 0 Å². The molecule has 1 amide bonds. The van der Waals surface area contributed by atoms with E-state index in [4.69, 9.17) is 5.73 Å². The molecule has 1 fully saturated rings. The third-order valence-corrected chi connectivity index (χ3v) is 4.41. The predicted octanol–water partition coefficient (Wildman–Crippen LogP) is 0.806. The van der Waals surface area contributed by atoms with Crippen molar-refractivity contribution in [3.63, 3.8) is 0 Å². The minimum absolute atomic E-state index is 0.102. The van der Waals surface area contributed by atoms with Gasteiger partial charge in [-0.2, -0.15) is 11.8 Å². The molecule has 5 nitrogen and oxygen atoms in total. The second-order valence-corrected chi connectivity index (χ2v) is 6.34. The molecule has 1 saturated heterocycles. The molecule has 0 unspecified atom stereocenters. The molecule has 6 heteroatoms. The first-order chi connectivity index (χ1) is 10.2. The van der Waals surface area contributed by atoms with Crippen molar-refractivity contribution >= 4 is 17.7 Å². The number of piperazine rings is 1. The van der Waals surface area contributed by atoms with Crippen LogP contribution in [0.2, 0.25) is 0 Å². The fraction of sp³-hybridized carbons (Fsp3) is 0.600. The molecular weight excluding hydrogens is 284 g/mol. The minimum atomic E-state index is -0.345. The van der Waals surface area contributed by atoms with E-state index in [9.17, 15) is 4.79 Å². The van der Waals surface area contributed by atoms with Gasteiger partial charge >= 0.3 is 0 Å². The van der Waals surface area contributed by atoms with Crippen molar-refractivity contribution in [1.82, 2.24) is 14.8 Å². The van der Waals surface area contributed by atoms with Gasteiger partial charge in [0, 0.05) is 45.1 Å². The van der Waals surface area contributed by atoms with Gasteiger partial charge in [-0.05, 0) is 30.1 Å². The summed E-state index contributed by atoms with van der Waals surface area (Å²) in [5, 5.41) is 0. The molecule has 21 heavy (non-hydrogen) atoms. The van der Waals surface area contributed by atoms with Crippen LogP contribution in [0.5, 0.6) is 0 Å². The van der Waals surface area contributed by atoms with Gasteiger partial charge in [-0.3, -0.25) is 14.7 Å². The van der Waals surface area contributed by atoms with E-state index in [1.807, 2.05) is 23.4 Å². The lowest BCUT2D eigenvalue weighted by molar-refractivity contribution is -0.134. The summed E-state index contributed by atoms with van der Waals surface area (Å²) in [6.07, 6.45) is 6.48. The van der Waals surface area contributed by atoms with Crippen molar-refractivity contribution in [3.8, 4) is 0 Å². The van der Waals surface area contributed by atoms with E-state index in [0.717, 1.165) is 44.9 Å². The van der Waals surface area contributed by atoms with Gasteiger partial charge in [-0.15, -0.1) is 0 Å². The number of amides is 1. The summed E-state index contributed by atoms with van der Waals surface area (Å²) in [5.74, 6) is 1.04. The van der Waals surface area contributed by atoms with Crippen molar-refractivity contribution in [1.29, 1.82) is 0 Å². The molecule has 1 atom stereocenters.